The third-order valence-corrected chi connectivity index (χ3v) is 3.64. The van der Waals surface area contributed by atoms with E-state index in [1.165, 1.54) is 0 Å². The van der Waals surface area contributed by atoms with E-state index in [1.54, 1.807) is 0 Å². The maximum absolute atomic E-state index is 13.1. The van der Waals surface area contributed by atoms with Crippen LogP contribution in [-0.2, 0) is 0 Å². The molecule has 1 aromatic carbocycles. The minimum absolute atomic E-state index is 0.0672. The highest BCUT2D eigenvalue weighted by molar-refractivity contribution is 5.98. The Balaban J connectivity index is 2.13. The molecule has 102 valence electrons. The molecule has 0 radical (unpaired) electrons. The first-order chi connectivity index (χ1) is 8.91. The third kappa shape index (κ3) is 2.89. The van der Waals surface area contributed by atoms with Gasteiger partial charge in [-0.25, -0.2) is 4.39 Å². The summed E-state index contributed by atoms with van der Waals surface area (Å²) >= 11 is 0. The van der Waals surface area contributed by atoms with Crippen molar-refractivity contribution in [2.45, 2.75) is 26.2 Å². The lowest BCUT2D eigenvalue weighted by Gasteiger charge is -2.38. The van der Waals surface area contributed by atoms with Crippen LogP contribution < -0.4 is 5.32 Å². The standard InChI is InChI=1S/C13H15FN2O3/c1-13(5-2-6-13)8-15-12(17)10-7-9(14)3-4-11(10)16(18)19/h3-4,7H,2,5-6,8H2,1H3,(H,15,17). The number of nitro benzene ring substituents is 1. The fourth-order valence-corrected chi connectivity index (χ4v) is 2.20. The van der Waals surface area contributed by atoms with Crippen LogP contribution in [0.25, 0.3) is 0 Å². The van der Waals surface area contributed by atoms with Crippen LogP contribution >= 0.6 is 0 Å². The summed E-state index contributed by atoms with van der Waals surface area (Å²) in [6.45, 7) is 2.51. The number of nitrogens with zero attached hydrogens (tertiary/aromatic N) is 1. The highest BCUT2D eigenvalue weighted by atomic mass is 19.1. The minimum atomic E-state index is -0.681. The Labute approximate surface area is 110 Å². The van der Waals surface area contributed by atoms with Gasteiger partial charge >= 0.3 is 0 Å². The van der Waals surface area contributed by atoms with Crippen molar-refractivity contribution in [3.63, 3.8) is 0 Å². The summed E-state index contributed by atoms with van der Waals surface area (Å²) in [5.74, 6) is -1.26. The Morgan fingerprint density at radius 1 is 1.53 bits per heavy atom. The maximum atomic E-state index is 13.1. The first-order valence-electron chi connectivity index (χ1n) is 6.13. The molecule has 0 heterocycles. The molecule has 5 nitrogen and oxygen atoms in total. The van der Waals surface area contributed by atoms with E-state index in [1.807, 2.05) is 0 Å². The molecule has 1 aromatic rings. The van der Waals surface area contributed by atoms with Gasteiger partial charge in [0.15, 0.2) is 0 Å². The van der Waals surface area contributed by atoms with Gasteiger partial charge in [-0.1, -0.05) is 13.3 Å². The molecular formula is C13H15FN2O3. The predicted molar refractivity (Wildman–Crippen MR) is 67.3 cm³/mol. The van der Waals surface area contributed by atoms with Crippen LogP contribution in [0.15, 0.2) is 18.2 Å². The largest absolute Gasteiger partial charge is 0.351 e. The molecule has 1 saturated carbocycles. The molecule has 2 rings (SSSR count). The normalized spacial score (nSPS) is 16.5. The predicted octanol–water partition coefficient (Wildman–Crippen LogP) is 2.65. The summed E-state index contributed by atoms with van der Waals surface area (Å²) in [6, 6.07) is 2.88. The summed E-state index contributed by atoms with van der Waals surface area (Å²) in [6.07, 6.45) is 3.18. The molecule has 1 N–H and O–H groups in total. The molecule has 1 aliphatic carbocycles. The number of rotatable bonds is 4. The summed E-state index contributed by atoms with van der Waals surface area (Å²) < 4.78 is 13.1. The average Bonchev–Trinajstić information content (AvgIpc) is 2.33. The SMILES string of the molecule is CC1(CNC(=O)c2cc(F)ccc2[N+](=O)[O-])CCC1. The van der Waals surface area contributed by atoms with Crippen molar-refractivity contribution < 1.29 is 14.1 Å². The third-order valence-electron chi connectivity index (χ3n) is 3.64. The van der Waals surface area contributed by atoms with Gasteiger partial charge in [0.1, 0.15) is 11.4 Å². The van der Waals surface area contributed by atoms with Gasteiger partial charge in [-0.3, -0.25) is 14.9 Å². The Morgan fingerprint density at radius 3 is 2.74 bits per heavy atom. The molecule has 0 unspecified atom stereocenters. The Hall–Kier alpha value is -1.98. The van der Waals surface area contributed by atoms with Crippen molar-refractivity contribution in [3.8, 4) is 0 Å². The number of hydrogen-bond acceptors (Lipinski definition) is 3. The first-order valence-corrected chi connectivity index (χ1v) is 6.13. The van der Waals surface area contributed by atoms with Crippen LogP contribution in [0.2, 0.25) is 0 Å². The number of hydrogen-bond donors (Lipinski definition) is 1. The topological polar surface area (TPSA) is 72.2 Å². The molecule has 0 atom stereocenters. The van der Waals surface area contributed by atoms with E-state index in [-0.39, 0.29) is 16.7 Å². The summed E-state index contributed by atoms with van der Waals surface area (Å²) in [4.78, 5) is 22.1. The van der Waals surface area contributed by atoms with Gasteiger partial charge < -0.3 is 5.32 Å². The van der Waals surface area contributed by atoms with Crippen LogP contribution in [0.4, 0.5) is 10.1 Å². The molecule has 0 bridgehead atoms. The fourth-order valence-electron chi connectivity index (χ4n) is 2.20. The molecule has 0 aliphatic heterocycles. The zero-order chi connectivity index (χ0) is 14.0. The lowest BCUT2D eigenvalue weighted by Crippen LogP contribution is -2.40. The maximum Gasteiger partial charge on any atom is 0.282 e. The number of carbonyl (C=O) groups is 1. The number of benzene rings is 1. The van der Waals surface area contributed by atoms with E-state index in [0.29, 0.717) is 6.54 Å². The lowest BCUT2D eigenvalue weighted by molar-refractivity contribution is -0.385. The van der Waals surface area contributed by atoms with Gasteiger partial charge in [-0.15, -0.1) is 0 Å². The fraction of sp³-hybridized carbons (Fsp3) is 0.462. The second-order valence-corrected chi connectivity index (χ2v) is 5.27. The molecule has 6 heteroatoms. The van der Waals surface area contributed by atoms with Gasteiger partial charge in [0.25, 0.3) is 11.6 Å². The highest BCUT2D eigenvalue weighted by Crippen LogP contribution is 2.39. The summed E-state index contributed by atoms with van der Waals surface area (Å²) in [5.41, 5.74) is -0.539. The van der Waals surface area contributed by atoms with Gasteiger partial charge in [0, 0.05) is 12.6 Å². The molecule has 19 heavy (non-hydrogen) atoms. The Bertz CT molecular complexity index is 527. The quantitative estimate of drug-likeness (QED) is 0.672. The van der Waals surface area contributed by atoms with Crippen molar-refractivity contribution in [1.82, 2.24) is 5.32 Å². The van der Waals surface area contributed by atoms with Crippen LogP contribution in [0.3, 0.4) is 0 Å². The number of halogens is 1. The van der Waals surface area contributed by atoms with Gasteiger partial charge in [0.05, 0.1) is 4.92 Å². The highest BCUT2D eigenvalue weighted by Gasteiger charge is 2.32. The second-order valence-electron chi connectivity index (χ2n) is 5.27. The van der Waals surface area contributed by atoms with E-state index >= 15 is 0 Å². The zero-order valence-electron chi connectivity index (χ0n) is 10.6. The molecule has 1 aliphatic rings. The van der Waals surface area contributed by atoms with Gasteiger partial charge in [0.2, 0.25) is 0 Å². The molecular weight excluding hydrogens is 251 g/mol. The van der Waals surface area contributed by atoms with Crippen LogP contribution in [0, 0.1) is 21.3 Å². The molecule has 1 fully saturated rings. The molecule has 1 amide bonds. The smallest absolute Gasteiger partial charge is 0.282 e. The number of amides is 1. The van der Waals surface area contributed by atoms with Crippen LogP contribution in [0.1, 0.15) is 36.5 Å². The summed E-state index contributed by atoms with van der Waals surface area (Å²) in [5, 5.41) is 13.5. The van der Waals surface area contributed by atoms with E-state index in [9.17, 15) is 19.3 Å². The van der Waals surface area contributed by atoms with Gasteiger partial charge in [-0.2, -0.15) is 0 Å². The number of nitrogens with one attached hydrogen (secondary N) is 1. The van der Waals surface area contributed by atoms with Gasteiger partial charge in [-0.05, 0) is 30.4 Å². The number of nitro groups is 1. The Morgan fingerprint density at radius 2 is 2.21 bits per heavy atom. The van der Waals surface area contributed by atoms with Crippen molar-refractivity contribution in [2.75, 3.05) is 6.54 Å². The second kappa shape index (κ2) is 4.95. The Kier molecular flexibility index (Phi) is 3.50. The average molecular weight is 266 g/mol. The minimum Gasteiger partial charge on any atom is -0.351 e. The monoisotopic (exact) mass is 266 g/mol. The van der Waals surface area contributed by atoms with Crippen molar-refractivity contribution >= 4 is 11.6 Å². The van der Waals surface area contributed by atoms with Crippen molar-refractivity contribution in [2.24, 2.45) is 5.41 Å². The number of carbonyl (C=O) groups excluding carboxylic acids is 1. The van der Waals surface area contributed by atoms with E-state index in [2.05, 4.69) is 12.2 Å². The molecule has 0 spiro atoms. The first kappa shape index (κ1) is 13.5. The van der Waals surface area contributed by atoms with Crippen molar-refractivity contribution in [1.29, 1.82) is 0 Å². The van der Waals surface area contributed by atoms with E-state index in [0.717, 1.165) is 37.5 Å². The van der Waals surface area contributed by atoms with E-state index < -0.39 is 16.6 Å². The molecule has 0 aromatic heterocycles. The lowest BCUT2D eigenvalue weighted by atomic mass is 9.70. The van der Waals surface area contributed by atoms with Crippen LogP contribution in [0.5, 0.6) is 0 Å². The van der Waals surface area contributed by atoms with Crippen LogP contribution in [-0.4, -0.2) is 17.4 Å². The van der Waals surface area contributed by atoms with Crippen molar-refractivity contribution in [3.05, 3.63) is 39.7 Å². The molecule has 0 saturated heterocycles. The summed E-state index contributed by atoms with van der Waals surface area (Å²) in [7, 11) is 0. The zero-order valence-corrected chi connectivity index (χ0v) is 10.6. The van der Waals surface area contributed by atoms with E-state index in [4.69, 9.17) is 0 Å².